The van der Waals surface area contributed by atoms with Gasteiger partial charge in [-0.3, -0.25) is 4.79 Å². The average molecular weight is 235 g/mol. The summed E-state index contributed by atoms with van der Waals surface area (Å²) >= 11 is 0. The lowest BCUT2D eigenvalue weighted by Gasteiger charge is -2.10. The van der Waals surface area contributed by atoms with E-state index in [4.69, 9.17) is 16.6 Å². The maximum Gasteiger partial charge on any atom is 0.280 e. The van der Waals surface area contributed by atoms with E-state index in [9.17, 15) is 9.90 Å². The van der Waals surface area contributed by atoms with Gasteiger partial charge in [0.2, 0.25) is 6.29 Å². The molecule has 0 aliphatic rings. The van der Waals surface area contributed by atoms with Crippen LogP contribution in [0.1, 0.15) is 18.1 Å². The molecule has 0 saturated carbocycles. The molecule has 0 aromatic heterocycles. The molecule has 0 aliphatic heterocycles. The number of terminal acetylenes is 1. The van der Waals surface area contributed by atoms with Gasteiger partial charge in [-0.05, 0) is 17.7 Å². The van der Waals surface area contributed by atoms with Crippen molar-refractivity contribution in [3.05, 3.63) is 29.8 Å². The molecule has 0 spiro atoms. The fraction of sp³-hybridized carbons (Fsp3) is 0.250. The Morgan fingerprint density at radius 1 is 1.29 bits per heavy atom. The van der Waals surface area contributed by atoms with Gasteiger partial charge in [0.05, 0.1) is 6.10 Å². The first-order valence-electron chi connectivity index (χ1n) is 4.93. The molecule has 90 valence electrons. The van der Waals surface area contributed by atoms with Crippen LogP contribution in [0.4, 0.5) is 5.69 Å². The third-order valence-corrected chi connectivity index (χ3v) is 2.11. The van der Waals surface area contributed by atoms with Crippen molar-refractivity contribution < 1.29 is 20.1 Å². The SMILES string of the molecule is C#CCC(O)c1ccc(NC(=O)C(O)O)cc1. The van der Waals surface area contributed by atoms with Gasteiger partial charge in [0.25, 0.3) is 5.91 Å². The standard InChI is InChI=1S/C12H13NO4/c1-2-3-10(14)8-4-6-9(7-5-8)13-11(15)12(16)17/h1,4-7,10,12,14,16-17H,3H2,(H,13,15). The second-order valence-electron chi connectivity index (χ2n) is 3.41. The topological polar surface area (TPSA) is 89.8 Å². The number of carbonyl (C=O) groups excluding carboxylic acids is 1. The normalized spacial score (nSPS) is 11.9. The predicted octanol–water partition coefficient (Wildman–Crippen LogP) is -0.00750. The minimum Gasteiger partial charge on any atom is -0.387 e. The number of anilines is 1. The summed E-state index contributed by atoms with van der Waals surface area (Å²) in [6, 6.07) is 6.27. The summed E-state index contributed by atoms with van der Waals surface area (Å²) in [5.74, 6) is 1.43. The Bertz CT molecular complexity index is 419. The summed E-state index contributed by atoms with van der Waals surface area (Å²) in [6.45, 7) is 0. The summed E-state index contributed by atoms with van der Waals surface area (Å²) in [5, 5.41) is 29.0. The van der Waals surface area contributed by atoms with E-state index in [1.54, 1.807) is 12.1 Å². The monoisotopic (exact) mass is 235 g/mol. The number of nitrogens with one attached hydrogen (secondary N) is 1. The van der Waals surface area contributed by atoms with E-state index in [0.29, 0.717) is 11.3 Å². The van der Waals surface area contributed by atoms with Gasteiger partial charge >= 0.3 is 0 Å². The van der Waals surface area contributed by atoms with Gasteiger partial charge in [-0.15, -0.1) is 12.3 Å². The molecule has 1 rings (SSSR count). The summed E-state index contributed by atoms with van der Waals surface area (Å²) < 4.78 is 0. The Morgan fingerprint density at radius 3 is 2.35 bits per heavy atom. The van der Waals surface area contributed by atoms with Crippen LogP contribution in [0.5, 0.6) is 0 Å². The third-order valence-electron chi connectivity index (χ3n) is 2.11. The lowest BCUT2D eigenvalue weighted by molar-refractivity contribution is -0.141. The zero-order valence-corrected chi connectivity index (χ0v) is 9.00. The molecular weight excluding hydrogens is 222 g/mol. The Morgan fingerprint density at radius 2 is 1.88 bits per heavy atom. The van der Waals surface area contributed by atoms with Crippen LogP contribution < -0.4 is 5.32 Å². The fourth-order valence-corrected chi connectivity index (χ4v) is 1.22. The molecule has 17 heavy (non-hydrogen) atoms. The van der Waals surface area contributed by atoms with Crippen molar-refractivity contribution >= 4 is 11.6 Å². The smallest absolute Gasteiger partial charge is 0.280 e. The molecule has 0 radical (unpaired) electrons. The van der Waals surface area contributed by atoms with Crippen LogP contribution in [-0.2, 0) is 4.79 Å². The highest BCUT2D eigenvalue weighted by atomic mass is 16.5. The molecule has 1 aromatic carbocycles. The molecular formula is C12H13NO4. The number of aliphatic hydroxyl groups excluding tert-OH is 2. The minimum absolute atomic E-state index is 0.209. The molecule has 0 aliphatic carbocycles. The zero-order chi connectivity index (χ0) is 12.8. The number of hydrogen-bond donors (Lipinski definition) is 4. The van der Waals surface area contributed by atoms with Crippen LogP contribution in [-0.4, -0.2) is 27.5 Å². The predicted molar refractivity (Wildman–Crippen MR) is 61.7 cm³/mol. The van der Waals surface area contributed by atoms with Crippen molar-refractivity contribution in [3.63, 3.8) is 0 Å². The number of aliphatic hydroxyl groups is 3. The number of rotatable bonds is 4. The molecule has 1 amide bonds. The molecule has 0 heterocycles. The Labute approximate surface area is 98.7 Å². The van der Waals surface area contributed by atoms with Crippen molar-refractivity contribution in [2.24, 2.45) is 0 Å². The molecule has 4 N–H and O–H groups in total. The lowest BCUT2D eigenvalue weighted by Crippen LogP contribution is -2.26. The first-order chi connectivity index (χ1) is 8.04. The lowest BCUT2D eigenvalue weighted by atomic mass is 10.1. The van der Waals surface area contributed by atoms with Gasteiger partial charge in [-0.1, -0.05) is 12.1 Å². The van der Waals surface area contributed by atoms with E-state index in [1.807, 2.05) is 0 Å². The van der Waals surface area contributed by atoms with Gasteiger partial charge in [-0.25, -0.2) is 0 Å². The van der Waals surface area contributed by atoms with Gasteiger partial charge in [0.15, 0.2) is 0 Å². The van der Waals surface area contributed by atoms with Gasteiger partial charge in [0.1, 0.15) is 0 Å². The molecule has 0 saturated heterocycles. The van der Waals surface area contributed by atoms with Gasteiger partial charge in [0, 0.05) is 12.1 Å². The van der Waals surface area contributed by atoms with Crippen molar-refractivity contribution in [2.75, 3.05) is 5.32 Å². The zero-order valence-electron chi connectivity index (χ0n) is 9.00. The summed E-state index contributed by atoms with van der Waals surface area (Å²) in [7, 11) is 0. The largest absolute Gasteiger partial charge is 0.387 e. The Balaban J connectivity index is 2.69. The van der Waals surface area contributed by atoms with E-state index in [2.05, 4.69) is 11.2 Å². The minimum atomic E-state index is -2.05. The second kappa shape index (κ2) is 6.01. The number of amides is 1. The number of carbonyl (C=O) groups is 1. The molecule has 1 atom stereocenters. The maximum atomic E-state index is 10.9. The van der Waals surface area contributed by atoms with Crippen LogP contribution >= 0.6 is 0 Å². The average Bonchev–Trinajstić information content (AvgIpc) is 2.30. The number of benzene rings is 1. The molecule has 5 heteroatoms. The highest BCUT2D eigenvalue weighted by Crippen LogP contribution is 2.18. The Kier molecular flexibility index (Phi) is 4.67. The maximum absolute atomic E-state index is 10.9. The van der Waals surface area contributed by atoms with Crippen molar-refractivity contribution in [3.8, 4) is 12.3 Å². The van der Waals surface area contributed by atoms with Crippen LogP contribution in [0.2, 0.25) is 0 Å². The molecule has 0 bridgehead atoms. The van der Waals surface area contributed by atoms with E-state index < -0.39 is 18.3 Å². The van der Waals surface area contributed by atoms with E-state index >= 15 is 0 Å². The molecule has 0 fully saturated rings. The molecule has 5 nitrogen and oxygen atoms in total. The highest BCUT2D eigenvalue weighted by molar-refractivity contribution is 5.92. The van der Waals surface area contributed by atoms with Crippen LogP contribution in [0.25, 0.3) is 0 Å². The van der Waals surface area contributed by atoms with Gasteiger partial charge < -0.3 is 20.6 Å². The molecule has 1 aromatic rings. The van der Waals surface area contributed by atoms with Crippen molar-refractivity contribution in [2.45, 2.75) is 18.8 Å². The fourth-order valence-electron chi connectivity index (χ4n) is 1.22. The van der Waals surface area contributed by atoms with E-state index in [-0.39, 0.29) is 6.42 Å². The quantitative estimate of drug-likeness (QED) is 0.436. The third kappa shape index (κ3) is 3.89. The first kappa shape index (κ1) is 13.2. The highest BCUT2D eigenvalue weighted by Gasteiger charge is 2.11. The summed E-state index contributed by atoms with van der Waals surface area (Å²) in [6.07, 6.45) is 2.49. The van der Waals surface area contributed by atoms with E-state index in [0.717, 1.165) is 0 Å². The number of hydrogen-bond acceptors (Lipinski definition) is 4. The van der Waals surface area contributed by atoms with Crippen molar-refractivity contribution in [1.29, 1.82) is 0 Å². The van der Waals surface area contributed by atoms with Crippen LogP contribution in [0, 0.1) is 12.3 Å². The van der Waals surface area contributed by atoms with Crippen molar-refractivity contribution in [1.82, 2.24) is 0 Å². The van der Waals surface area contributed by atoms with Crippen LogP contribution in [0.3, 0.4) is 0 Å². The summed E-state index contributed by atoms with van der Waals surface area (Å²) in [4.78, 5) is 10.9. The second-order valence-corrected chi connectivity index (χ2v) is 3.41. The van der Waals surface area contributed by atoms with Crippen LogP contribution in [0.15, 0.2) is 24.3 Å². The molecule has 1 unspecified atom stereocenters. The Hall–Kier alpha value is -1.87. The summed E-state index contributed by atoms with van der Waals surface area (Å²) in [5.41, 5.74) is 1.03. The van der Waals surface area contributed by atoms with E-state index in [1.165, 1.54) is 12.1 Å². The van der Waals surface area contributed by atoms with Gasteiger partial charge in [-0.2, -0.15) is 0 Å². The first-order valence-corrected chi connectivity index (χ1v) is 4.93.